The summed E-state index contributed by atoms with van der Waals surface area (Å²) in [6.45, 7) is 11.1. The zero-order valence-corrected chi connectivity index (χ0v) is 11.9. The normalized spacial score (nSPS) is 25.9. The van der Waals surface area contributed by atoms with Crippen LogP contribution in [0, 0.1) is 5.92 Å². The summed E-state index contributed by atoms with van der Waals surface area (Å²) < 4.78 is 11.3. The highest BCUT2D eigenvalue weighted by atomic mass is 16.5. The Hall–Kier alpha value is -0.120. The Labute approximate surface area is 106 Å². The van der Waals surface area contributed by atoms with E-state index in [-0.39, 0.29) is 0 Å². The second kappa shape index (κ2) is 8.06. The molecule has 0 bridgehead atoms. The van der Waals surface area contributed by atoms with Gasteiger partial charge >= 0.3 is 0 Å². The van der Waals surface area contributed by atoms with E-state index in [1.165, 1.54) is 19.3 Å². The van der Waals surface area contributed by atoms with E-state index in [1.54, 1.807) is 0 Å². The zero-order chi connectivity index (χ0) is 12.7. The van der Waals surface area contributed by atoms with Crippen LogP contribution in [0.4, 0.5) is 0 Å². The summed E-state index contributed by atoms with van der Waals surface area (Å²) in [4.78, 5) is 0. The Kier molecular flexibility index (Phi) is 7.09. The fraction of sp³-hybridized carbons (Fsp3) is 1.00. The topological polar surface area (TPSA) is 30.5 Å². The highest BCUT2D eigenvalue weighted by molar-refractivity contribution is 4.84. The van der Waals surface area contributed by atoms with Crippen molar-refractivity contribution in [2.24, 2.45) is 5.92 Å². The first-order chi connectivity index (χ1) is 8.15. The van der Waals surface area contributed by atoms with Gasteiger partial charge in [0.05, 0.1) is 18.8 Å². The maximum absolute atomic E-state index is 5.71. The second-order valence-electron chi connectivity index (χ2n) is 5.29. The van der Waals surface area contributed by atoms with Gasteiger partial charge in [0.25, 0.3) is 0 Å². The van der Waals surface area contributed by atoms with Crippen LogP contribution in [0.25, 0.3) is 0 Å². The molecule has 0 aliphatic heterocycles. The third-order valence-corrected chi connectivity index (χ3v) is 3.34. The van der Waals surface area contributed by atoms with Gasteiger partial charge in [-0.1, -0.05) is 6.92 Å². The lowest BCUT2D eigenvalue weighted by molar-refractivity contribution is -0.0337. The summed E-state index contributed by atoms with van der Waals surface area (Å²) in [5.74, 6) is 0.825. The smallest absolute Gasteiger partial charge is 0.0623 e. The van der Waals surface area contributed by atoms with Gasteiger partial charge in [0, 0.05) is 12.6 Å². The van der Waals surface area contributed by atoms with Crippen LogP contribution >= 0.6 is 0 Å². The molecule has 0 spiro atoms. The molecule has 102 valence electrons. The molecule has 1 aliphatic carbocycles. The summed E-state index contributed by atoms with van der Waals surface area (Å²) in [5.41, 5.74) is 0. The van der Waals surface area contributed by atoms with Crippen molar-refractivity contribution in [3.63, 3.8) is 0 Å². The molecule has 17 heavy (non-hydrogen) atoms. The average Bonchev–Trinajstić information content (AvgIpc) is 2.23. The highest BCUT2D eigenvalue weighted by Crippen LogP contribution is 2.33. The van der Waals surface area contributed by atoms with Crippen LogP contribution in [0.3, 0.4) is 0 Å². The lowest BCUT2D eigenvalue weighted by atomic mass is 9.78. The van der Waals surface area contributed by atoms with Gasteiger partial charge in [0.2, 0.25) is 0 Å². The van der Waals surface area contributed by atoms with Crippen LogP contribution in [-0.4, -0.2) is 38.0 Å². The van der Waals surface area contributed by atoms with Crippen molar-refractivity contribution < 1.29 is 9.47 Å². The van der Waals surface area contributed by atoms with Crippen molar-refractivity contribution in [2.45, 2.75) is 65.2 Å². The molecule has 0 saturated heterocycles. The van der Waals surface area contributed by atoms with Crippen LogP contribution in [0.5, 0.6) is 0 Å². The van der Waals surface area contributed by atoms with Gasteiger partial charge < -0.3 is 14.8 Å². The van der Waals surface area contributed by atoms with E-state index in [1.807, 2.05) is 0 Å². The molecule has 0 aromatic heterocycles. The van der Waals surface area contributed by atoms with Gasteiger partial charge in [-0.2, -0.15) is 0 Å². The van der Waals surface area contributed by atoms with Crippen molar-refractivity contribution in [2.75, 3.05) is 19.8 Å². The molecule has 0 amide bonds. The Morgan fingerprint density at radius 3 is 2.47 bits per heavy atom. The predicted octanol–water partition coefficient (Wildman–Crippen LogP) is 2.59. The number of hydrogen-bond donors (Lipinski definition) is 1. The number of likely N-dealkylation sites (N-methyl/N-ethyl adjacent to an activating group) is 1. The van der Waals surface area contributed by atoms with Crippen molar-refractivity contribution in [3.05, 3.63) is 0 Å². The molecule has 1 N–H and O–H groups in total. The van der Waals surface area contributed by atoms with E-state index in [9.17, 15) is 0 Å². The summed E-state index contributed by atoms with van der Waals surface area (Å²) in [6.07, 6.45) is 4.55. The molecule has 1 fully saturated rings. The monoisotopic (exact) mass is 243 g/mol. The number of nitrogens with one attached hydrogen (secondary N) is 1. The maximum atomic E-state index is 5.71. The Morgan fingerprint density at radius 2 is 1.94 bits per heavy atom. The molecule has 0 aromatic carbocycles. The molecule has 1 aliphatic rings. The third-order valence-electron chi connectivity index (χ3n) is 3.34. The Balaban J connectivity index is 2.16. The molecule has 0 heterocycles. The molecular weight excluding hydrogens is 214 g/mol. The molecular formula is C14H29NO2. The van der Waals surface area contributed by atoms with E-state index < -0.39 is 0 Å². The summed E-state index contributed by atoms with van der Waals surface area (Å²) in [6, 6.07) is 0.509. The fourth-order valence-electron chi connectivity index (χ4n) is 2.45. The molecule has 1 unspecified atom stereocenters. The van der Waals surface area contributed by atoms with E-state index in [0.29, 0.717) is 18.2 Å². The predicted molar refractivity (Wildman–Crippen MR) is 71.3 cm³/mol. The van der Waals surface area contributed by atoms with E-state index in [2.05, 4.69) is 33.0 Å². The van der Waals surface area contributed by atoms with Gasteiger partial charge in [0.15, 0.2) is 0 Å². The minimum Gasteiger partial charge on any atom is -0.378 e. The summed E-state index contributed by atoms with van der Waals surface area (Å²) in [7, 11) is 0. The van der Waals surface area contributed by atoms with Crippen molar-refractivity contribution in [3.8, 4) is 0 Å². The molecule has 3 nitrogen and oxygen atoms in total. The van der Waals surface area contributed by atoms with Crippen LogP contribution in [0.15, 0.2) is 0 Å². The molecule has 1 atom stereocenters. The molecule has 1 saturated carbocycles. The minimum atomic E-state index is 0.328. The first-order valence-corrected chi connectivity index (χ1v) is 7.12. The first-order valence-electron chi connectivity index (χ1n) is 7.12. The number of hydrogen-bond acceptors (Lipinski definition) is 3. The molecule has 0 aromatic rings. The van der Waals surface area contributed by atoms with E-state index >= 15 is 0 Å². The first kappa shape index (κ1) is 14.9. The highest BCUT2D eigenvalue weighted by Gasteiger charge is 2.31. The van der Waals surface area contributed by atoms with Crippen LogP contribution in [0.2, 0.25) is 0 Å². The average molecular weight is 243 g/mol. The standard InChI is InChI=1S/C14H29NO2/c1-5-15-13(10-17-11(3)4)7-12-8-14(9-12)16-6-2/h11-15H,5-10H2,1-4H3. The van der Waals surface area contributed by atoms with Gasteiger partial charge in [0.1, 0.15) is 0 Å². The quantitative estimate of drug-likeness (QED) is 0.675. The van der Waals surface area contributed by atoms with E-state index in [4.69, 9.17) is 9.47 Å². The van der Waals surface area contributed by atoms with E-state index in [0.717, 1.165) is 25.7 Å². The van der Waals surface area contributed by atoms with Gasteiger partial charge in [-0.3, -0.25) is 0 Å². The van der Waals surface area contributed by atoms with Crippen molar-refractivity contribution in [1.29, 1.82) is 0 Å². The molecule has 0 radical (unpaired) electrons. The van der Waals surface area contributed by atoms with Crippen molar-refractivity contribution >= 4 is 0 Å². The van der Waals surface area contributed by atoms with Gasteiger partial charge in [-0.25, -0.2) is 0 Å². The fourth-order valence-corrected chi connectivity index (χ4v) is 2.45. The van der Waals surface area contributed by atoms with Crippen LogP contribution in [0.1, 0.15) is 47.0 Å². The molecule has 1 rings (SSSR count). The summed E-state index contributed by atoms with van der Waals surface area (Å²) >= 11 is 0. The number of rotatable bonds is 9. The largest absolute Gasteiger partial charge is 0.378 e. The van der Waals surface area contributed by atoms with Gasteiger partial charge in [-0.15, -0.1) is 0 Å². The number of ether oxygens (including phenoxy) is 2. The summed E-state index contributed by atoms with van der Waals surface area (Å²) in [5, 5.41) is 3.52. The van der Waals surface area contributed by atoms with Gasteiger partial charge in [-0.05, 0) is 52.5 Å². The van der Waals surface area contributed by atoms with Crippen LogP contribution < -0.4 is 5.32 Å². The lowest BCUT2D eigenvalue weighted by Gasteiger charge is -2.37. The minimum absolute atomic E-state index is 0.328. The third kappa shape index (κ3) is 5.84. The second-order valence-corrected chi connectivity index (χ2v) is 5.29. The zero-order valence-electron chi connectivity index (χ0n) is 11.9. The Bertz CT molecular complexity index is 191. The molecule has 3 heteroatoms. The maximum Gasteiger partial charge on any atom is 0.0623 e. The lowest BCUT2D eigenvalue weighted by Crippen LogP contribution is -2.40. The Morgan fingerprint density at radius 1 is 1.24 bits per heavy atom. The van der Waals surface area contributed by atoms with Crippen LogP contribution in [-0.2, 0) is 9.47 Å². The van der Waals surface area contributed by atoms with Crippen molar-refractivity contribution in [1.82, 2.24) is 5.32 Å². The SMILES string of the molecule is CCNC(COC(C)C)CC1CC(OCC)C1.